The lowest BCUT2D eigenvalue weighted by Gasteiger charge is -2.11. The number of nitrogens with one attached hydrogen (secondary N) is 2. The number of carbonyl (C=O) groups is 1. The Hall–Kier alpha value is -3.98. The first-order valence-electron chi connectivity index (χ1n) is 9.52. The number of carbonyl (C=O) groups excluding carboxylic acids is 1. The van der Waals surface area contributed by atoms with Gasteiger partial charge in [-0.3, -0.25) is 4.98 Å². The van der Waals surface area contributed by atoms with E-state index in [1.165, 1.54) is 12.1 Å². The molecule has 3 aromatic carbocycles. The van der Waals surface area contributed by atoms with Crippen LogP contribution in [0.15, 0.2) is 79.0 Å². The highest BCUT2D eigenvalue weighted by Crippen LogP contribution is 2.33. The smallest absolute Gasteiger partial charge is 0.455 e. The second-order valence-electron chi connectivity index (χ2n) is 6.72. The van der Waals surface area contributed by atoms with Crippen LogP contribution in [0.5, 0.6) is 17.2 Å². The Morgan fingerprint density at radius 1 is 0.848 bits per heavy atom. The van der Waals surface area contributed by atoms with Crippen LogP contribution in [0, 0.1) is 0 Å². The first kappa shape index (κ1) is 22.2. The summed E-state index contributed by atoms with van der Waals surface area (Å²) in [5.74, 6) is 0.676. The number of halogens is 4. The van der Waals surface area contributed by atoms with Gasteiger partial charge in [0.25, 0.3) is 0 Å². The molecule has 0 aliphatic carbocycles. The third kappa shape index (κ3) is 5.83. The molecule has 0 unspecified atom stereocenters. The molecular weight excluding hydrogens is 459 g/mol. The Balaban J connectivity index is 1.37. The molecule has 1 heterocycles. The molecule has 0 saturated carbocycles. The third-order valence-electron chi connectivity index (χ3n) is 4.37. The first-order chi connectivity index (χ1) is 15.8. The highest BCUT2D eigenvalue weighted by molar-refractivity contribution is 6.35. The summed E-state index contributed by atoms with van der Waals surface area (Å²) in [5, 5.41) is 6.48. The SMILES string of the molecule is O=C(Nc1ccc(Oc2ccc(Cl)c3cccnc23)cc1)Nc1ccc(OC(F)(F)F)cc1. The van der Waals surface area contributed by atoms with Crippen molar-refractivity contribution < 1.29 is 27.4 Å². The van der Waals surface area contributed by atoms with E-state index in [1.807, 2.05) is 6.07 Å². The summed E-state index contributed by atoms with van der Waals surface area (Å²) in [6, 6.07) is 17.9. The van der Waals surface area contributed by atoms with Crippen molar-refractivity contribution in [3.05, 3.63) is 84.0 Å². The van der Waals surface area contributed by atoms with Crippen molar-refractivity contribution in [3.8, 4) is 17.2 Å². The number of urea groups is 1. The zero-order valence-corrected chi connectivity index (χ0v) is 17.4. The standard InChI is InChI=1S/C23H15ClF3N3O3/c24-19-11-12-20(21-18(19)2-1-13-28-21)32-16-7-3-14(4-8-16)29-22(31)30-15-5-9-17(10-6-15)33-23(25,26)27/h1-13H,(H2,29,30,31). The van der Waals surface area contributed by atoms with Crippen LogP contribution in [0.2, 0.25) is 5.02 Å². The number of pyridine rings is 1. The lowest BCUT2D eigenvalue weighted by atomic mass is 10.2. The normalized spacial score (nSPS) is 11.2. The van der Waals surface area contributed by atoms with Crippen LogP contribution in [0.3, 0.4) is 0 Å². The van der Waals surface area contributed by atoms with Crippen molar-refractivity contribution in [1.82, 2.24) is 4.98 Å². The number of benzene rings is 3. The number of hydrogen-bond acceptors (Lipinski definition) is 4. The Morgan fingerprint density at radius 3 is 2.06 bits per heavy atom. The van der Waals surface area contributed by atoms with E-state index in [0.29, 0.717) is 33.4 Å². The maximum atomic E-state index is 12.2. The molecule has 0 radical (unpaired) electrons. The zero-order valence-electron chi connectivity index (χ0n) is 16.7. The fourth-order valence-electron chi connectivity index (χ4n) is 2.96. The molecule has 0 saturated heterocycles. The number of anilines is 2. The van der Waals surface area contributed by atoms with Crippen LogP contribution in [0.4, 0.5) is 29.3 Å². The van der Waals surface area contributed by atoms with Crippen LogP contribution in [0.25, 0.3) is 10.9 Å². The molecule has 4 aromatic rings. The number of rotatable bonds is 5. The van der Waals surface area contributed by atoms with Crippen LogP contribution >= 0.6 is 11.6 Å². The van der Waals surface area contributed by atoms with E-state index < -0.39 is 12.4 Å². The molecule has 2 N–H and O–H groups in total. The fraction of sp³-hybridized carbons (Fsp3) is 0.0435. The number of fused-ring (bicyclic) bond motifs is 1. The van der Waals surface area contributed by atoms with E-state index in [0.717, 1.165) is 17.5 Å². The number of hydrogen-bond donors (Lipinski definition) is 2. The van der Waals surface area contributed by atoms with Crippen LogP contribution in [-0.4, -0.2) is 17.4 Å². The maximum absolute atomic E-state index is 12.2. The summed E-state index contributed by atoms with van der Waals surface area (Å²) in [6.07, 6.45) is -3.13. The molecule has 2 amide bonds. The Kier molecular flexibility index (Phi) is 6.23. The molecule has 10 heteroatoms. The van der Waals surface area contributed by atoms with Gasteiger partial charge in [0.1, 0.15) is 17.0 Å². The summed E-state index contributed by atoms with van der Waals surface area (Å²) in [4.78, 5) is 16.5. The second-order valence-corrected chi connectivity index (χ2v) is 7.13. The predicted octanol–water partition coefficient (Wildman–Crippen LogP) is 7.22. The lowest BCUT2D eigenvalue weighted by Crippen LogP contribution is -2.19. The maximum Gasteiger partial charge on any atom is 0.573 e. The van der Waals surface area contributed by atoms with Gasteiger partial charge in [0, 0.05) is 23.0 Å². The molecule has 33 heavy (non-hydrogen) atoms. The predicted molar refractivity (Wildman–Crippen MR) is 119 cm³/mol. The lowest BCUT2D eigenvalue weighted by molar-refractivity contribution is -0.274. The number of nitrogens with zero attached hydrogens (tertiary/aromatic N) is 1. The molecule has 0 atom stereocenters. The summed E-state index contributed by atoms with van der Waals surface area (Å²) in [6.45, 7) is 0. The van der Waals surface area contributed by atoms with E-state index in [1.54, 1.807) is 48.7 Å². The van der Waals surface area contributed by atoms with Gasteiger partial charge in [-0.2, -0.15) is 0 Å². The van der Waals surface area contributed by atoms with Gasteiger partial charge >= 0.3 is 12.4 Å². The van der Waals surface area contributed by atoms with Crippen LogP contribution < -0.4 is 20.1 Å². The molecule has 168 valence electrons. The quantitative estimate of drug-likeness (QED) is 0.321. The molecule has 0 bridgehead atoms. The van der Waals surface area contributed by atoms with Crippen molar-refractivity contribution in [1.29, 1.82) is 0 Å². The Labute approximate surface area is 190 Å². The van der Waals surface area contributed by atoms with E-state index in [9.17, 15) is 18.0 Å². The molecule has 0 aliphatic heterocycles. The van der Waals surface area contributed by atoms with Gasteiger partial charge in [-0.25, -0.2) is 4.79 Å². The van der Waals surface area contributed by atoms with Crippen molar-refractivity contribution >= 4 is 39.9 Å². The van der Waals surface area contributed by atoms with Crippen molar-refractivity contribution in [2.24, 2.45) is 0 Å². The van der Waals surface area contributed by atoms with Crippen molar-refractivity contribution in [2.45, 2.75) is 6.36 Å². The summed E-state index contributed by atoms with van der Waals surface area (Å²) in [5.41, 5.74) is 1.40. The molecule has 0 aliphatic rings. The monoisotopic (exact) mass is 473 g/mol. The van der Waals surface area contributed by atoms with E-state index in [4.69, 9.17) is 16.3 Å². The summed E-state index contributed by atoms with van der Waals surface area (Å²) >= 11 is 6.20. The third-order valence-corrected chi connectivity index (χ3v) is 4.69. The second kappa shape index (κ2) is 9.25. The Morgan fingerprint density at radius 2 is 1.45 bits per heavy atom. The van der Waals surface area contributed by atoms with E-state index >= 15 is 0 Å². The minimum atomic E-state index is -4.78. The zero-order chi connectivity index (χ0) is 23.4. The van der Waals surface area contributed by atoms with Gasteiger partial charge in [0.05, 0.1) is 5.02 Å². The van der Waals surface area contributed by atoms with Gasteiger partial charge in [-0.1, -0.05) is 11.6 Å². The van der Waals surface area contributed by atoms with E-state index in [2.05, 4.69) is 20.4 Å². The van der Waals surface area contributed by atoms with Crippen molar-refractivity contribution in [2.75, 3.05) is 10.6 Å². The van der Waals surface area contributed by atoms with Gasteiger partial charge in [-0.15, -0.1) is 13.2 Å². The minimum Gasteiger partial charge on any atom is -0.455 e. The van der Waals surface area contributed by atoms with Crippen LogP contribution in [-0.2, 0) is 0 Å². The van der Waals surface area contributed by atoms with Gasteiger partial charge in [0.2, 0.25) is 0 Å². The Bertz CT molecular complexity index is 1280. The number of ether oxygens (including phenoxy) is 2. The molecule has 0 fully saturated rings. The number of amides is 2. The number of alkyl halides is 3. The average Bonchev–Trinajstić information content (AvgIpc) is 2.77. The summed E-state index contributed by atoms with van der Waals surface area (Å²) in [7, 11) is 0. The van der Waals surface area contributed by atoms with E-state index in [-0.39, 0.29) is 5.75 Å². The van der Waals surface area contributed by atoms with Gasteiger partial charge in [-0.05, 0) is 72.8 Å². The van der Waals surface area contributed by atoms with Gasteiger partial charge < -0.3 is 20.1 Å². The molecule has 4 rings (SSSR count). The molecule has 0 spiro atoms. The summed E-state index contributed by atoms with van der Waals surface area (Å²) < 4.78 is 46.3. The first-order valence-corrected chi connectivity index (χ1v) is 9.90. The fourth-order valence-corrected chi connectivity index (χ4v) is 3.18. The minimum absolute atomic E-state index is 0.295. The highest BCUT2D eigenvalue weighted by atomic mass is 35.5. The van der Waals surface area contributed by atoms with Gasteiger partial charge in [0.15, 0.2) is 5.75 Å². The van der Waals surface area contributed by atoms with Crippen molar-refractivity contribution in [3.63, 3.8) is 0 Å². The highest BCUT2D eigenvalue weighted by Gasteiger charge is 2.30. The number of aromatic nitrogens is 1. The molecule has 6 nitrogen and oxygen atoms in total. The largest absolute Gasteiger partial charge is 0.573 e. The topological polar surface area (TPSA) is 72.5 Å². The average molecular weight is 474 g/mol. The molecule has 1 aromatic heterocycles. The molecular formula is C23H15ClF3N3O3. The van der Waals surface area contributed by atoms with Crippen LogP contribution in [0.1, 0.15) is 0 Å².